The maximum absolute atomic E-state index is 9.80. The molecule has 120 valence electrons. The van der Waals surface area contributed by atoms with Crippen LogP contribution in [0.5, 0.6) is 0 Å². The number of rotatable bonds is 11. The molecule has 0 fully saturated rings. The molecule has 0 aliphatic heterocycles. The molecular formula is C15H24ClNO4. The minimum absolute atomic E-state index is 0.0268. The Morgan fingerprint density at radius 1 is 1.24 bits per heavy atom. The predicted octanol–water partition coefficient (Wildman–Crippen LogP) is 1.38. The second kappa shape index (κ2) is 11.0. The van der Waals surface area contributed by atoms with E-state index in [9.17, 15) is 5.11 Å². The number of ether oxygens (including phenoxy) is 2. The fourth-order valence-electron chi connectivity index (χ4n) is 1.72. The number of nitrogens with one attached hydrogen (secondary N) is 1. The van der Waals surface area contributed by atoms with Gasteiger partial charge >= 0.3 is 0 Å². The van der Waals surface area contributed by atoms with Crippen molar-refractivity contribution in [3.05, 3.63) is 34.9 Å². The molecule has 21 heavy (non-hydrogen) atoms. The molecular weight excluding hydrogens is 294 g/mol. The molecule has 0 aliphatic carbocycles. The molecule has 2 atom stereocenters. The van der Waals surface area contributed by atoms with E-state index in [0.29, 0.717) is 31.3 Å². The maximum atomic E-state index is 9.80. The fourth-order valence-corrected chi connectivity index (χ4v) is 1.85. The normalized spacial score (nSPS) is 14.1. The second-order valence-electron chi connectivity index (χ2n) is 4.72. The second-order valence-corrected chi connectivity index (χ2v) is 5.16. The van der Waals surface area contributed by atoms with Gasteiger partial charge in [-0.1, -0.05) is 23.7 Å². The molecule has 0 saturated carbocycles. The van der Waals surface area contributed by atoms with Crippen molar-refractivity contribution in [3.8, 4) is 0 Å². The van der Waals surface area contributed by atoms with Crippen LogP contribution in [0.2, 0.25) is 5.02 Å². The van der Waals surface area contributed by atoms with Crippen molar-refractivity contribution in [2.75, 3.05) is 39.5 Å². The van der Waals surface area contributed by atoms with Crippen molar-refractivity contribution in [3.63, 3.8) is 0 Å². The summed E-state index contributed by atoms with van der Waals surface area (Å²) in [5.41, 5.74) is 1.02. The van der Waals surface area contributed by atoms with E-state index >= 15 is 0 Å². The van der Waals surface area contributed by atoms with Crippen LogP contribution in [0.3, 0.4) is 0 Å². The molecule has 0 radical (unpaired) electrons. The lowest BCUT2D eigenvalue weighted by Crippen LogP contribution is -2.32. The zero-order chi connectivity index (χ0) is 15.5. The maximum Gasteiger partial charge on any atom is 0.0897 e. The summed E-state index contributed by atoms with van der Waals surface area (Å²) in [7, 11) is 0. The van der Waals surface area contributed by atoms with Gasteiger partial charge < -0.3 is 25.0 Å². The lowest BCUT2D eigenvalue weighted by Gasteiger charge is -2.17. The summed E-state index contributed by atoms with van der Waals surface area (Å²) < 4.78 is 10.7. The zero-order valence-corrected chi connectivity index (χ0v) is 13.1. The van der Waals surface area contributed by atoms with Crippen molar-refractivity contribution in [1.82, 2.24) is 5.32 Å². The summed E-state index contributed by atoms with van der Waals surface area (Å²) in [6, 6.07) is 7.47. The van der Waals surface area contributed by atoms with Crippen LogP contribution >= 0.6 is 11.6 Å². The van der Waals surface area contributed by atoms with E-state index in [0.717, 1.165) is 5.56 Å². The van der Waals surface area contributed by atoms with Crippen molar-refractivity contribution in [2.24, 2.45) is 0 Å². The minimum Gasteiger partial charge on any atom is -0.394 e. The van der Waals surface area contributed by atoms with E-state index in [4.69, 9.17) is 26.2 Å². The first-order valence-electron chi connectivity index (χ1n) is 7.08. The number of hydrogen-bond acceptors (Lipinski definition) is 5. The van der Waals surface area contributed by atoms with Gasteiger partial charge in [0.2, 0.25) is 0 Å². The van der Waals surface area contributed by atoms with E-state index in [2.05, 4.69) is 5.32 Å². The summed E-state index contributed by atoms with van der Waals surface area (Å²) in [5, 5.41) is 22.1. The molecule has 0 unspecified atom stereocenters. The summed E-state index contributed by atoms with van der Waals surface area (Å²) in [6.07, 6.45) is -0.664. The Balaban J connectivity index is 2.11. The highest BCUT2D eigenvalue weighted by atomic mass is 35.5. The van der Waals surface area contributed by atoms with E-state index in [1.807, 2.05) is 31.2 Å². The molecule has 5 nitrogen and oxygen atoms in total. The molecule has 0 bridgehead atoms. The van der Waals surface area contributed by atoms with Crippen LogP contribution in [0, 0.1) is 0 Å². The van der Waals surface area contributed by atoms with E-state index < -0.39 is 6.10 Å². The van der Waals surface area contributed by atoms with Crippen LogP contribution in [0.25, 0.3) is 0 Å². The molecule has 0 saturated heterocycles. The monoisotopic (exact) mass is 317 g/mol. The van der Waals surface area contributed by atoms with Gasteiger partial charge in [0, 0.05) is 18.1 Å². The summed E-state index contributed by atoms with van der Waals surface area (Å²) in [5.74, 6) is 0. The molecule has 1 aromatic carbocycles. The SMILES string of the molecule is C[C@H](OC[C@H](O)CNCCOCCO)c1ccc(Cl)cc1. The Morgan fingerprint density at radius 2 is 1.95 bits per heavy atom. The average molecular weight is 318 g/mol. The average Bonchev–Trinajstić information content (AvgIpc) is 2.49. The molecule has 0 amide bonds. The molecule has 1 rings (SSSR count). The van der Waals surface area contributed by atoms with Crippen LogP contribution in [-0.4, -0.2) is 55.8 Å². The van der Waals surface area contributed by atoms with Crippen molar-refractivity contribution in [1.29, 1.82) is 0 Å². The first-order chi connectivity index (χ1) is 10.1. The van der Waals surface area contributed by atoms with Crippen LogP contribution in [0.15, 0.2) is 24.3 Å². The van der Waals surface area contributed by atoms with Crippen molar-refractivity contribution >= 4 is 11.6 Å². The molecule has 1 aromatic rings. The first kappa shape index (κ1) is 18.4. The highest BCUT2D eigenvalue weighted by molar-refractivity contribution is 6.30. The number of hydrogen-bond donors (Lipinski definition) is 3. The van der Waals surface area contributed by atoms with Crippen molar-refractivity contribution in [2.45, 2.75) is 19.1 Å². The predicted molar refractivity (Wildman–Crippen MR) is 82.6 cm³/mol. The third-order valence-corrected chi connectivity index (χ3v) is 3.17. The highest BCUT2D eigenvalue weighted by Gasteiger charge is 2.09. The van der Waals surface area contributed by atoms with Crippen molar-refractivity contribution < 1.29 is 19.7 Å². The third kappa shape index (κ3) is 8.36. The van der Waals surface area contributed by atoms with E-state index in [-0.39, 0.29) is 19.3 Å². The summed E-state index contributed by atoms with van der Waals surface area (Å²) in [4.78, 5) is 0. The smallest absolute Gasteiger partial charge is 0.0897 e. The Hall–Kier alpha value is -0.690. The minimum atomic E-state index is -0.572. The van der Waals surface area contributed by atoms with Crippen LogP contribution < -0.4 is 5.32 Å². The zero-order valence-electron chi connectivity index (χ0n) is 12.3. The quantitative estimate of drug-likeness (QED) is 0.538. The van der Waals surface area contributed by atoms with Gasteiger partial charge in [-0.25, -0.2) is 0 Å². The molecule has 6 heteroatoms. The van der Waals surface area contributed by atoms with E-state index in [1.54, 1.807) is 0 Å². The summed E-state index contributed by atoms with van der Waals surface area (Å²) >= 11 is 5.83. The van der Waals surface area contributed by atoms with Crippen LogP contribution in [0.1, 0.15) is 18.6 Å². The molecule has 3 N–H and O–H groups in total. The topological polar surface area (TPSA) is 71.0 Å². The molecule has 0 aromatic heterocycles. The Labute approximate surface area is 130 Å². The van der Waals surface area contributed by atoms with Gasteiger partial charge in [-0.05, 0) is 24.6 Å². The number of aliphatic hydroxyl groups is 2. The first-order valence-corrected chi connectivity index (χ1v) is 7.45. The standard InChI is InChI=1S/C15H24ClNO4/c1-12(13-2-4-14(16)5-3-13)21-11-15(19)10-17-6-8-20-9-7-18/h2-5,12,15,17-19H,6-11H2,1H3/t12-,15+/m0/s1. The fraction of sp³-hybridized carbons (Fsp3) is 0.600. The van der Waals surface area contributed by atoms with Gasteiger partial charge in [0.15, 0.2) is 0 Å². The Bertz CT molecular complexity index is 374. The number of halogens is 1. The van der Waals surface area contributed by atoms with Gasteiger partial charge in [0.05, 0.1) is 38.6 Å². The van der Waals surface area contributed by atoms with Gasteiger partial charge in [-0.2, -0.15) is 0 Å². The Morgan fingerprint density at radius 3 is 2.62 bits per heavy atom. The molecule has 0 spiro atoms. The highest BCUT2D eigenvalue weighted by Crippen LogP contribution is 2.19. The van der Waals surface area contributed by atoms with E-state index in [1.165, 1.54) is 0 Å². The molecule has 0 aliphatic rings. The number of benzene rings is 1. The third-order valence-electron chi connectivity index (χ3n) is 2.92. The number of aliphatic hydroxyl groups excluding tert-OH is 2. The van der Waals surface area contributed by atoms with Gasteiger partial charge in [-0.15, -0.1) is 0 Å². The lowest BCUT2D eigenvalue weighted by molar-refractivity contribution is -0.00273. The van der Waals surface area contributed by atoms with Gasteiger partial charge in [0.1, 0.15) is 0 Å². The largest absolute Gasteiger partial charge is 0.394 e. The lowest BCUT2D eigenvalue weighted by atomic mass is 10.1. The van der Waals surface area contributed by atoms with Gasteiger partial charge in [-0.3, -0.25) is 0 Å². The Kier molecular flexibility index (Phi) is 9.58. The van der Waals surface area contributed by atoms with Crippen LogP contribution in [-0.2, 0) is 9.47 Å². The summed E-state index contributed by atoms with van der Waals surface area (Å²) in [6.45, 7) is 4.14. The molecule has 0 heterocycles. The van der Waals surface area contributed by atoms with Gasteiger partial charge in [0.25, 0.3) is 0 Å². The van der Waals surface area contributed by atoms with Crippen LogP contribution in [0.4, 0.5) is 0 Å².